The Hall–Kier alpha value is -2.45. The van der Waals surface area contributed by atoms with Crippen LogP contribution >= 0.6 is 11.6 Å². The number of ketones is 2. The van der Waals surface area contributed by atoms with Gasteiger partial charge in [-0.3, -0.25) is 9.59 Å². The predicted molar refractivity (Wildman–Crippen MR) is 77.2 cm³/mol. The van der Waals surface area contributed by atoms with Gasteiger partial charge in [-0.25, -0.2) is 13.2 Å². The van der Waals surface area contributed by atoms with Gasteiger partial charge in [-0.05, 0) is 24.3 Å². The minimum atomic E-state index is -3.92. The molecule has 1 N–H and O–H groups in total. The normalized spacial score (nSPS) is 11.2. The number of hydrogen-bond acceptors (Lipinski definition) is 6. The van der Waals surface area contributed by atoms with Crippen LogP contribution in [0.1, 0.15) is 17.0 Å². The van der Waals surface area contributed by atoms with E-state index in [1.807, 2.05) is 0 Å². The van der Waals surface area contributed by atoms with Crippen LogP contribution in [0.5, 0.6) is 0 Å². The fourth-order valence-electron chi connectivity index (χ4n) is 1.66. The minimum absolute atomic E-state index is 0.0525. The van der Waals surface area contributed by atoms with Gasteiger partial charge in [0.05, 0.1) is 11.3 Å². The van der Waals surface area contributed by atoms with Gasteiger partial charge in [0.1, 0.15) is 11.2 Å². The molecule has 23 heavy (non-hydrogen) atoms. The second-order valence-corrected chi connectivity index (χ2v) is 6.82. The Morgan fingerprint density at radius 1 is 1.09 bits per heavy atom. The molecule has 0 fully saturated rings. The molecule has 1 aromatic heterocycles. The number of sulfone groups is 1. The number of furan rings is 1. The van der Waals surface area contributed by atoms with Gasteiger partial charge in [0.25, 0.3) is 0 Å². The molecule has 0 atom stereocenters. The van der Waals surface area contributed by atoms with Gasteiger partial charge in [0, 0.05) is 11.1 Å². The number of carboxylic acids is 1. The van der Waals surface area contributed by atoms with E-state index in [0.29, 0.717) is 5.02 Å². The zero-order valence-corrected chi connectivity index (χ0v) is 12.9. The smallest absolute Gasteiger partial charge is 0.372 e. The zero-order valence-electron chi connectivity index (χ0n) is 11.4. The van der Waals surface area contributed by atoms with Crippen LogP contribution in [-0.4, -0.2) is 31.1 Å². The van der Waals surface area contributed by atoms with Crippen LogP contribution in [0.15, 0.2) is 50.8 Å². The van der Waals surface area contributed by atoms with Crippen LogP contribution in [0.25, 0.3) is 0 Å². The van der Waals surface area contributed by atoms with E-state index in [1.165, 1.54) is 24.3 Å². The summed E-state index contributed by atoms with van der Waals surface area (Å²) >= 11 is 5.69. The number of halogens is 1. The molecule has 1 heterocycles. The van der Waals surface area contributed by atoms with E-state index in [2.05, 4.69) is 0 Å². The molecule has 0 aliphatic carbocycles. The van der Waals surface area contributed by atoms with Crippen LogP contribution < -0.4 is 0 Å². The summed E-state index contributed by atoms with van der Waals surface area (Å²) in [5.74, 6) is -4.39. The van der Waals surface area contributed by atoms with E-state index in [9.17, 15) is 22.8 Å². The first-order valence-electron chi connectivity index (χ1n) is 6.10. The number of benzene rings is 1. The van der Waals surface area contributed by atoms with E-state index in [-0.39, 0.29) is 9.79 Å². The van der Waals surface area contributed by atoms with Crippen LogP contribution in [0.4, 0.5) is 0 Å². The third-order valence-electron chi connectivity index (χ3n) is 2.84. The molecule has 0 aliphatic heterocycles. The van der Waals surface area contributed by atoms with Gasteiger partial charge in [0.15, 0.2) is 5.76 Å². The van der Waals surface area contributed by atoms with Crippen LogP contribution in [0.2, 0.25) is 5.02 Å². The Morgan fingerprint density at radius 3 is 2.26 bits per heavy atom. The highest BCUT2D eigenvalue weighted by atomic mass is 35.5. The molecule has 120 valence electrons. The predicted octanol–water partition coefficient (Wildman–Crippen LogP) is 1.99. The van der Waals surface area contributed by atoms with Gasteiger partial charge in [-0.2, -0.15) is 0 Å². The summed E-state index contributed by atoms with van der Waals surface area (Å²) in [4.78, 5) is 32.7. The average Bonchev–Trinajstić information content (AvgIpc) is 2.98. The summed E-state index contributed by atoms with van der Waals surface area (Å²) in [5.41, 5.74) is 0. The summed E-state index contributed by atoms with van der Waals surface area (Å²) in [6.45, 7) is 0. The van der Waals surface area contributed by atoms with E-state index in [4.69, 9.17) is 21.1 Å². The van der Waals surface area contributed by atoms with Crippen molar-refractivity contribution in [2.75, 3.05) is 0 Å². The quantitative estimate of drug-likeness (QED) is 0.477. The number of carboxylic acid groups (broad SMARTS) is 1. The van der Waals surface area contributed by atoms with Crippen molar-refractivity contribution in [1.29, 1.82) is 0 Å². The maximum absolute atomic E-state index is 12.3. The second-order valence-electron chi connectivity index (χ2n) is 4.43. The molecule has 9 heteroatoms. The number of carbonyl (C=O) groups is 3. The summed E-state index contributed by atoms with van der Waals surface area (Å²) in [7, 11) is -3.92. The topological polar surface area (TPSA) is 119 Å². The molecule has 0 saturated carbocycles. The standard InChI is InChI=1S/C14H9ClO7S/c15-8-1-3-9(4-2-8)23(20,21)10-5-13(22-7-10)11(16)6-12(17)14(18)19/h1-5,7H,6H2,(H,18,19). The second kappa shape index (κ2) is 6.35. The molecule has 0 saturated heterocycles. The van der Waals surface area contributed by atoms with E-state index in [0.717, 1.165) is 12.3 Å². The Bertz CT molecular complexity index is 878. The van der Waals surface area contributed by atoms with Gasteiger partial charge < -0.3 is 9.52 Å². The summed E-state index contributed by atoms with van der Waals surface area (Å²) in [6, 6.07) is 6.32. The van der Waals surface area contributed by atoms with Crippen molar-refractivity contribution in [2.45, 2.75) is 16.2 Å². The lowest BCUT2D eigenvalue weighted by Gasteiger charge is -2.00. The van der Waals surface area contributed by atoms with Crippen molar-refractivity contribution in [3.8, 4) is 0 Å². The van der Waals surface area contributed by atoms with Crippen LogP contribution in [0, 0.1) is 0 Å². The number of carbonyl (C=O) groups excluding carboxylic acids is 2. The average molecular weight is 357 g/mol. The molecule has 0 bridgehead atoms. The molecule has 0 aliphatic rings. The molecule has 1 aromatic carbocycles. The van der Waals surface area contributed by atoms with Crippen molar-refractivity contribution in [2.24, 2.45) is 0 Å². The highest BCUT2D eigenvalue weighted by Gasteiger charge is 2.25. The van der Waals surface area contributed by atoms with Crippen molar-refractivity contribution in [1.82, 2.24) is 0 Å². The highest BCUT2D eigenvalue weighted by Crippen LogP contribution is 2.24. The van der Waals surface area contributed by atoms with Crippen molar-refractivity contribution in [3.63, 3.8) is 0 Å². The molecule has 0 radical (unpaired) electrons. The Morgan fingerprint density at radius 2 is 1.70 bits per heavy atom. The Kier molecular flexibility index (Phi) is 4.67. The molecular formula is C14H9ClO7S. The largest absolute Gasteiger partial charge is 0.475 e. The van der Waals surface area contributed by atoms with Gasteiger partial charge in [-0.15, -0.1) is 0 Å². The summed E-state index contributed by atoms with van der Waals surface area (Å²) < 4.78 is 29.5. The van der Waals surface area contributed by atoms with Gasteiger partial charge >= 0.3 is 5.97 Å². The monoisotopic (exact) mass is 356 g/mol. The van der Waals surface area contributed by atoms with Gasteiger partial charge in [-0.1, -0.05) is 11.6 Å². The van der Waals surface area contributed by atoms with Gasteiger partial charge in [0.2, 0.25) is 21.4 Å². The van der Waals surface area contributed by atoms with E-state index in [1.54, 1.807) is 0 Å². The SMILES string of the molecule is O=C(O)C(=O)CC(=O)c1cc(S(=O)(=O)c2ccc(Cl)cc2)co1. The van der Waals surface area contributed by atoms with E-state index < -0.39 is 39.6 Å². The van der Waals surface area contributed by atoms with Crippen LogP contribution in [-0.2, 0) is 19.4 Å². The lowest BCUT2D eigenvalue weighted by Crippen LogP contribution is -2.16. The molecule has 0 amide bonds. The van der Waals surface area contributed by atoms with Crippen molar-refractivity contribution < 1.29 is 32.3 Å². The summed E-state index contributed by atoms with van der Waals surface area (Å²) in [5, 5.41) is 8.80. The van der Waals surface area contributed by atoms with E-state index >= 15 is 0 Å². The molecule has 2 aromatic rings. The highest BCUT2D eigenvalue weighted by molar-refractivity contribution is 7.91. The fourth-order valence-corrected chi connectivity index (χ4v) is 2.99. The lowest BCUT2D eigenvalue weighted by atomic mass is 10.2. The number of aliphatic carboxylic acids is 1. The third-order valence-corrected chi connectivity index (χ3v) is 4.82. The minimum Gasteiger partial charge on any atom is -0.475 e. The molecular weight excluding hydrogens is 348 g/mol. The number of Topliss-reactive ketones (excluding diaryl/α,β-unsaturated/α-hetero) is 2. The Labute approximate surface area is 135 Å². The number of hydrogen-bond donors (Lipinski definition) is 1. The Balaban J connectivity index is 2.28. The maximum atomic E-state index is 12.3. The fraction of sp³-hybridized carbons (Fsp3) is 0.0714. The molecule has 0 spiro atoms. The molecule has 0 unspecified atom stereocenters. The summed E-state index contributed by atoms with van der Waals surface area (Å²) in [6.07, 6.45) is -0.0638. The zero-order chi connectivity index (χ0) is 17.2. The first-order valence-corrected chi connectivity index (χ1v) is 7.96. The molecule has 7 nitrogen and oxygen atoms in total. The molecule has 2 rings (SSSR count). The van der Waals surface area contributed by atoms with Crippen molar-refractivity contribution in [3.05, 3.63) is 47.4 Å². The lowest BCUT2D eigenvalue weighted by molar-refractivity contribution is -0.148. The first-order chi connectivity index (χ1) is 10.7. The number of rotatable bonds is 6. The van der Waals surface area contributed by atoms with Crippen molar-refractivity contribution >= 4 is 39.0 Å². The third kappa shape index (κ3) is 3.66. The maximum Gasteiger partial charge on any atom is 0.372 e. The van der Waals surface area contributed by atoms with Crippen LogP contribution in [0.3, 0.4) is 0 Å². The first kappa shape index (κ1) is 16.9.